The second kappa shape index (κ2) is 8.70. The molecule has 18 heteroatoms. The molecule has 0 aromatic heterocycles. The van der Waals surface area contributed by atoms with Crippen LogP contribution in [0.3, 0.4) is 0 Å². The summed E-state index contributed by atoms with van der Waals surface area (Å²) in [6, 6.07) is 0. The second-order valence-corrected chi connectivity index (χ2v) is 12.4. The molecule has 0 aliphatic carbocycles. The van der Waals surface area contributed by atoms with Gasteiger partial charge >= 0.3 is 23.5 Å². The molecule has 0 bridgehead atoms. The molecule has 15 nitrogen and oxygen atoms in total. The van der Waals surface area contributed by atoms with Crippen molar-refractivity contribution in [3.05, 3.63) is 24.2 Å². The molecule has 6 N–H and O–H groups in total. The van der Waals surface area contributed by atoms with Crippen molar-refractivity contribution in [1.29, 1.82) is 0 Å². The number of amides is 1. The number of nitrogens with one attached hydrogen (secondary N) is 1. The first kappa shape index (κ1) is 27.3. The van der Waals surface area contributed by atoms with Crippen LogP contribution in [0.5, 0.6) is 0 Å². The normalized spacial score (nSPS) is 32.2. The Balaban J connectivity index is 2.19. The summed E-state index contributed by atoms with van der Waals surface area (Å²) < 4.78 is 52.0. The highest BCUT2D eigenvalue weighted by atomic mass is 31.3. The van der Waals surface area contributed by atoms with Gasteiger partial charge in [0.25, 0.3) is 5.91 Å². The van der Waals surface area contributed by atoms with E-state index in [1.807, 2.05) is 0 Å². The highest BCUT2D eigenvalue weighted by molar-refractivity contribution is 7.66. The van der Waals surface area contributed by atoms with E-state index in [1.165, 1.54) is 18.0 Å². The molecule has 0 saturated carbocycles. The molecule has 0 aromatic carbocycles. The van der Waals surface area contributed by atoms with E-state index < -0.39 is 53.4 Å². The van der Waals surface area contributed by atoms with Gasteiger partial charge in [0, 0.05) is 17.2 Å². The molecule has 0 radical (unpaired) electrons. The average Bonchev–Trinajstić information content (AvgIpc) is 2.74. The Labute approximate surface area is 183 Å². The fraction of sp³-hybridized carbons (Fsp3) is 0.643. The van der Waals surface area contributed by atoms with Gasteiger partial charge in [-0.3, -0.25) is 9.32 Å². The molecule has 1 amide bonds. The van der Waals surface area contributed by atoms with Crippen molar-refractivity contribution >= 4 is 29.4 Å². The molecular formula is C14H25N2O13P3. The maximum absolute atomic E-state index is 12.0. The first-order valence-corrected chi connectivity index (χ1v) is 13.3. The van der Waals surface area contributed by atoms with Crippen molar-refractivity contribution in [3.8, 4) is 0 Å². The van der Waals surface area contributed by atoms with Gasteiger partial charge in [-0.25, -0.2) is 13.7 Å². The van der Waals surface area contributed by atoms with Crippen LogP contribution in [0.15, 0.2) is 24.2 Å². The third-order valence-corrected chi connectivity index (χ3v) is 8.53. The molecule has 1 saturated heterocycles. The van der Waals surface area contributed by atoms with Crippen LogP contribution in [0.4, 0.5) is 0 Å². The minimum atomic E-state index is -5.69. The summed E-state index contributed by atoms with van der Waals surface area (Å²) in [6.45, 7) is 8.98. The molecular weight excluding hydrogens is 497 g/mol. The van der Waals surface area contributed by atoms with Gasteiger partial charge in [-0.15, -0.1) is 0 Å². The van der Waals surface area contributed by atoms with E-state index in [2.05, 4.69) is 25.0 Å². The second-order valence-electron chi connectivity index (χ2n) is 7.99. The molecule has 32 heavy (non-hydrogen) atoms. The van der Waals surface area contributed by atoms with Gasteiger partial charge in [-0.05, 0) is 13.8 Å². The largest absolute Gasteiger partial charge is 0.490 e. The number of nitrogens with zero attached hydrogens (tertiary/aromatic N) is 1. The number of aliphatic hydroxyl groups excluding tert-OH is 1. The zero-order valence-electron chi connectivity index (χ0n) is 17.4. The molecule has 2 unspecified atom stereocenters. The Kier molecular flexibility index (Phi) is 7.43. The quantitative estimate of drug-likeness (QED) is 0.241. The lowest BCUT2D eigenvalue weighted by molar-refractivity contribution is -0.129. The van der Waals surface area contributed by atoms with E-state index in [0.29, 0.717) is 5.57 Å². The van der Waals surface area contributed by atoms with E-state index in [4.69, 9.17) is 14.5 Å². The number of aliphatic hydroxyl groups is 1. The van der Waals surface area contributed by atoms with Gasteiger partial charge < -0.3 is 39.6 Å². The molecule has 0 spiro atoms. The van der Waals surface area contributed by atoms with E-state index in [1.54, 1.807) is 20.8 Å². The average molecular weight is 522 g/mol. The molecule has 2 rings (SSSR count). The number of carbonyl (C=O) groups excluding carboxylic acids is 1. The Bertz CT molecular complexity index is 975. The number of phosphoric acid groups is 3. The predicted molar refractivity (Wildman–Crippen MR) is 106 cm³/mol. The van der Waals surface area contributed by atoms with Crippen LogP contribution in [0.2, 0.25) is 0 Å². The number of ether oxygens (including phenoxy) is 1. The summed E-state index contributed by atoms with van der Waals surface area (Å²) in [7, 11) is -16.6. The van der Waals surface area contributed by atoms with Gasteiger partial charge in [0.15, 0.2) is 0 Å². The summed E-state index contributed by atoms with van der Waals surface area (Å²) in [4.78, 5) is 49.3. The zero-order chi connectivity index (χ0) is 24.9. The lowest BCUT2D eigenvalue weighted by Gasteiger charge is -2.39. The number of carbonyl (C=O) groups is 1. The van der Waals surface area contributed by atoms with Gasteiger partial charge in [0.1, 0.15) is 17.6 Å². The number of hydrogen-bond acceptors (Lipinski definition) is 10. The van der Waals surface area contributed by atoms with Crippen LogP contribution in [-0.2, 0) is 36.4 Å². The fourth-order valence-corrected chi connectivity index (χ4v) is 6.40. The van der Waals surface area contributed by atoms with E-state index in [9.17, 15) is 33.4 Å². The minimum Gasteiger partial charge on any atom is -0.389 e. The Morgan fingerprint density at radius 1 is 1.16 bits per heavy atom. The molecule has 5 atom stereocenters. The van der Waals surface area contributed by atoms with Crippen molar-refractivity contribution in [2.45, 2.75) is 45.6 Å². The van der Waals surface area contributed by atoms with Crippen molar-refractivity contribution in [3.63, 3.8) is 0 Å². The summed E-state index contributed by atoms with van der Waals surface area (Å²) >= 11 is 0. The van der Waals surface area contributed by atoms with Gasteiger partial charge in [-0.2, -0.15) is 8.62 Å². The van der Waals surface area contributed by atoms with Crippen molar-refractivity contribution in [2.75, 3.05) is 6.61 Å². The van der Waals surface area contributed by atoms with Crippen LogP contribution < -0.4 is 5.32 Å². The number of hydrogen-bond donors (Lipinski definition) is 6. The van der Waals surface area contributed by atoms with Crippen molar-refractivity contribution in [2.24, 2.45) is 5.41 Å². The zero-order valence-corrected chi connectivity index (χ0v) is 20.1. The molecule has 2 aliphatic rings. The maximum atomic E-state index is 12.0. The van der Waals surface area contributed by atoms with Crippen LogP contribution in [0.25, 0.3) is 0 Å². The Morgan fingerprint density at radius 3 is 2.25 bits per heavy atom. The van der Waals surface area contributed by atoms with Crippen LogP contribution in [0.1, 0.15) is 27.7 Å². The minimum absolute atomic E-state index is 0.156. The fourth-order valence-electron chi connectivity index (χ4n) is 3.28. The Morgan fingerprint density at radius 2 is 1.72 bits per heavy atom. The number of rotatable bonds is 8. The van der Waals surface area contributed by atoms with Gasteiger partial charge in [0.2, 0.25) is 0 Å². The topological polar surface area (TPSA) is 222 Å². The van der Waals surface area contributed by atoms with Gasteiger partial charge in [-0.1, -0.05) is 20.4 Å². The summed E-state index contributed by atoms with van der Waals surface area (Å²) in [5, 5.41) is 13.4. The Hall–Kier alpha value is -0.920. The van der Waals surface area contributed by atoms with E-state index >= 15 is 0 Å². The molecule has 0 aromatic rings. The first-order chi connectivity index (χ1) is 14.2. The lowest BCUT2D eigenvalue weighted by atomic mass is 9.80. The standard InChI is InChI=1S/C14H25N2O13P3/c1-8-6-16(9(2)15-10(8)17)12-13(3,4)11(18)14(5,27-12)7-26-31(22,23)29-32(24,25)28-30(19,20)21/h6,11-12,18H,2,7H2,1,3-5H3,(H,15,17)(H,22,23)(H,24,25)(H2,19,20,21)/t11-,12-,14-/m1/s1. The van der Waals surface area contributed by atoms with Crippen molar-refractivity contribution in [1.82, 2.24) is 10.2 Å². The molecule has 1 fully saturated rings. The summed E-state index contributed by atoms with van der Waals surface area (Å²) in [6.07, 6.45) is -0.824. The summed E-state index contributed by atoms with van der Waals surface area (Å²) in [5.41, 5.74) is -2.41. The SMILES string of the molecule is C=C1NC(=O)C(C)=CN1[C@@H]1O[C@](C)(COP(=O)(O)OP(=O)(O)OP(=O)(O)O)[C@H](O)C1(C)C. The number of phosphoric ester groups is 1. The smallest absolute Gasteiger partial charge is 0.389 e. The predicted octanol–water partition coefficient (Wildman–Crippen LogP) is 0.639. The maximum Gasteiger partial charge on any atom is 0.490 e. The van der Waals surface area contributed by atoms with Crippen LogP contribution >= 0.6 is 23.5 Å². The van der Waals surface area contributed by atoms with Crippen molar-refractivity contribution < 1.29 is 61.1 Å². The van der Waals surface area contributed by atoms with Gasteiger partial charge in [0.05, 0.1) is 12.7 Å². The summed E-state index contributed by atoms with van der Waals surface area (Å²) in [5.74, 6) is -0.221. The van der Waals surface area contributed by atoms with Crippen LogP contribution in [-0.4, -0.2) is 60.0 Å². The highest BCUT2D eigenvalue weighted by Gasteiger charge is 2.59. The lowest BCUT2D eigenvalue weighted by Crippen LogP contribution is -2.49. The van der Waals surface area contributed by atoms with E-state index in [0.717, 1.165) is 0 Å². The highest BCUT2D eigenvalue weighted by Crippen LogP contribution is 2.66. The van der Waals surface area contributed by atoms with E-state index in [-0.39, 0.29) is 11.7 Å². The van der Waals surface area contributed by atoms with Crippen LogP contribution in [0, 0.1) is 5.41 Å². The first-order valence-electron chi connectivity index (χ1n) is 8.80. The monoisotopic (exact) mass is 522 g/mol. The third-order valence-electron chi connectivity index (χ3n) is 4.74. The molecule has 2 heterocycles. The molecule has 2 aliphatic heterocycles. The third kappa shape index (κ3) is 6.15. The molecule has 184 valence electrons.